The van der Waals surface area contributed by atoms with Crippen LogP contribution >= 0.6 is 0 Å². The lowest BCUT2D eigenvalue weighted by atomic mass is 9.89. The molecule has 1 aliphatic carbocycles. The number of benzene rings is 1. The summed E-state index contributed by atoms with van der Waals surface area (Å²) in [6.45, 7) is 4.75. The van der Waals surface area contributed by atoms with E-state index in [1.165, 1.54) is 62.9 Å². The fourth-order valence-corrected chi connectivity index (χ4v) is 3.47. The molecule has 1 aliphatic heterocycles. The van der Waals surface area contributed by atoms with Crippen LogP contribution in [0, 0.1) is 12.8 Å². The first-order chi connectivity index (χ1) is 8.33. The molecule has 0 amide bonds. The van der Waals surface area contributed by atoms with Gasteiger partial charge in [-0.2, -0.15) is 0 Å². The largest absolute Gasteiger partial charge is 0.371 e. The van der Waals surface area contributed by atoms with Crippen molar-refractivity contribution in [2.75, 3.05) is 18.0 Å². The number of anilines is 1. The number of hydrogen-bond donors (Lipinski definition) is 0. The fourth-order valence-electron chi connectivity index (χ4n) is 3.47. The average Bonchev–Trinajstić information content (AvgIpc) is 2.73. The minimum atomic E-state index is 0.955. The number of fused-ring (bicyclic) bond motifs is 1. The van der Waals surface area contributed by atoms with Gasteiger partial charge in [-0.1, -0.05) is 37.0 Å². The summed E-state index contributed by atoms with van der Waals surface area (Å²) in [7, 11) is 0. The van der Waals surface area contributed by atoms with E-state index in [2.05, 4.69) is 30.0 Å². The second-order valence-corrected chi connectivity index (χ2v) is 5.83. The molecule has 1 saturated carbocycles. The molecule has 0 saturated heterocycles. The highest BCUT2D eigenvalue weighted by atomic mass is 15.1. The van der Waals surface area contributed by atoms with E-state index in [1.807, 2.05) is 0 Å². The van der Waals surface area contributed by atoms with Crippen molar-refractivity contribution in [2.45, 2.75) is 45.4 Å². The maximum atomic E-state index is 2.63. The third-order valence-electron chi connectivity index (χ3n) is 4.43. The Bertz CT molecular complexity index is 391. The number of rotatable bonds is 2. The molecular formula is C16H23N. The van der Waals surface area contributed by atoms with Gasteiger partial charge in [0.1, 0.15) is 0 Å². The summed E-state index contributed by atoms with van der Waals surface area (Å²) in [5, 5.41) is 0. The zero-order valence-electron chi connectivity index (χ0n) is 10.9. The van der Waals surface area contributed by atoms with Crippen LogP contribution in [0.2, 0.25) is 0 Å². The predicted octanol–water partition coefficient (Wildman–Crippen LogP) is 3.94. The van der Waals surface area contributed by atoms with Crippen LogP contribution in [0.15, 0.2) is 18.2 Å². The molecule has 0 radical (unpaired) electrons. The molecule has 1 nitrogen and oxygen atoms in total. The molecular weight excluding hydrogens is 206 g/mol. The SMILES string of the molecule is Cc1ccc2c(c1)CCN2CC1CCCCC1. The van der Waals surface area contributed by atoms with E-state index in [-0.39, 0.29) is 0 Å². The van der Waals surface area contributed by atoms with Crippen molar-refractivity contribution in [3.8, 4) is 0 Å². The highest BCUT2D eigenvalue weighted by molar-refractivity contribution is 5.59. The highest BCUT2D eigenvalue weighted by Crippen LogP contribution is 2.32. The van der Waals surface area contributed by atoms with Crippen molar-refractivity contribution in [1.29, 1.82) is 0 Å². The van der Waals surface area contributed by atoms with Crippen LogP contribution in [0.5, 0.6) is 0 Å². The van der Waals surface area contributed by atoms with E-state index in [9.17, 15) is 0 Å². The molecule has 0 bridgehead atoms. The number of aryl methyl sites for hydroxylation is 1. The molecule has 0 N–H and O–H groups in total. The Hall–Kier alpha value is -0.980. The Morgan fingerprint density at radius 2 is 2.00 bits per heavy atom. The molecule has 1 heteroatoms. The van der Waals surface area contributed by atoms with Crippen molar-refractivity contribution in [1.82, 2.24) is 0 Å². The molecule has 0 unspecified atom stereocenters. The van der Waals surface area contributed by atoms with E-state index < -0.39 is 0 Å². The Labute approximate surface area is 105 Å². The molecule has 1 aromatic carbocycles. The Morgan fingerprint density at radius 1 is 1.18 bits per heavy atom. The second-order valence-electron chi connectivity index (χ2n) is 5.83. The molecule has 0 aromatic heterocycles. The quantitative estimate of drug-likeness (QED) is 0.742. The lowest BCUT2D eigenvalue weighted by Crippen LogP contribution is -2.28. The second kappa shape index (κ2) is 4.72. The van der Waals surface area contributed by atoms with Gasteiger partial charge in [0.2, 0.25) is 0 Å². The van der Waals surface area contributed by atoms with Gasteiger partial charge in [0.15, 0.2) is 0 Å². The van der Waals surface area contributed by atoms with Crippen molar-refractivity contribution >= 4 is 5.69 Å². The summed E-state index contributed by atoms with van der Waals surface area (Å²) in [4.78, 5) is 2.63. The van der Waals surface area contributed by atoms with Crippen molar-refractivity contribution < 1.29 is 0 Å². The van der Waals surface area contributed by atoms with Crippen LogP contribution < -0.4 is 4.90 Å². The van der Waals surface area contributed by atoms with Crippen LogP contribution in [0.25, 0.3) is 0 Å². The summed E-state index contributed by atoms with van der Waals surface area (Å²) >= 11 is 0. The van der Waals surface area contributed by atoms with Crippen molar-refractivity contribution in [3.05, 3.63) is 29.3 Å². The van der Waals surface area contributed by atoms with E-state index in [4.69, 9.17) is 0 Å². The molecule has 0 spiro atoms. The van der Waals surface area contributed by atoms with Gasteiger partial charge in [-0.25, -0.2) is 0 Å². The van der Waals surface area contributed by atoms with Gasteiger partial charge in [-0.3, -0.25) is 0 Å². The van der Waals surface area contributed by atoms with Crippen molar-refractivity contribution in [2.24, 2.45) is 5.92 Å². The fraction of sp³-hybridized carbons (Fsp3) is 0.625. The van der Waals surface area contributed by atoms with Gasteiger partial charge in [-0.15, -0.1) is 0 Å². The van der Waals surface area contributed by atoms with Crippen LogP contribution in [-0.2, 0) is 6.42 Å². The maximum Gasteiger partial charge on any atom is 0.0399 e. The third-order valence-corrected chi connectivity index (χ3v) is 4.43. The summed E-state index contributed by atoms with van der Waals surface area (Å²) in [5.41, 5.74) is 4.49. The first-order valence-electron chi connectivity index (χ1n) is 7.17. The summed E-state index contributed by atoms with van der Waals surface area (Å²) in [5.74, 6) is 0.955. The van der Waals surface area contributed by atoms with Gasteiger partial charge in [0.25, 0.3) is 0 Å². The molecule has 92 valence electrons. The van der Waals surface area contributed by atoms with E-state index >= 15 is 0 Å². The van der Waals surface area contributed by atoms with Gasteiger partial charge in [0, 0.05) is 18.8 Å². The van der Waals surface area contributed by atoms with Gasteiger partial charge in [0.05, 0.1) is 0 Å². The molecule has 1 heterocycles. The smallest absolute Gasteiger partial charge is 0.0399 e. The standard InChI is InChI=1S/C16H23N/c1-13-7-8-16-15(11-13)9-10-17(16)12-14-5-3-2-4-6-14/h7-8,11,14H,2-6,9-10,12H2,1H3. The zero-order valence-corrected chi connectivity index (χ0v) is 10.9. The normalized spacial score (nSPS) is 20.6. The van der Waals surface area contributed by atoms with Gasteiger partial charge >= 0.3 is 0 Å². The average molecular weight is 229 g/mol. The van der Waals surface area contributed by atoms with E-state index in [1.54, 1.807) is 5.56 Å². The van der Waals surface area contributed by atoms with E-state index in [0.29, 0.717) is 0 Å². The van der Waals surface area contributed by atoms with Gasteiger partial charge < -0.3 is 4.90 Å². The lowest BCUT2D eigenvalue weighted by Gasteiger charge is -2.28. The summed E-state index contributed by atoms with van der Waals surface area (Å²) in [6.07, 6.45) is 8.55. The first kappa shape index (κ1) is 11.1. The predicted molar refractivity (Wildman–Crippen MR) is 73.7 cm³/mol. The van der Waals surface area contributed by atoms with Crippen LogP contribution in [-0.4, -0.2) is 13.1 Å². The molecule has 2 aliphatic rings. The van der Waals surface area contributed by atoms with Crippen molar-refractivity contribution in [3.63, 3.8) is 0 Å². The number of nitrogens with zero attached hydrogens (tertiary/aromatic N) is 1. The van der Waals surface area contributed by atoms with Crippen LogP contribution in [0.1, 0.15) is 43.2 Å². The Balaban J connectivity index is 1.70. The van der Waals surface area contributed by atoms with Crippen LogP contribution in [0.3, 0.4) is 0 Å². The van der Waals surface area contributed by atoms with E-state index in [0.717, 1.165) is 5.92 Å². The topological polar surface area (TPSA) is 3.24 Å². The summed E-state index contributed by atoms with van der Waals surface area (Å²) < 4.78 is 0. The Kier molecular flexibility index (Phi) is 3.09. The number of hydrogen-bond acceptors (Lipinski definition) is 1. The molecule has 1 fully saturated rings. The molecule has 1 aromatic rings. The maximum absolute atomic E-state index is 2.63. The minimum absolute atomic E-state index is 0.955. The highest BCUT2D eigenvalue weighted by Gasteiger charge is 2.22. The third kappa shape index (κ3) is 2.34. The first-order valence-corrected chi connectivity index (χ1v) is 7.17. The molecule has 3 rings (SSSR count). The monoisotopic (exact) mass is 229 g/mol. The molecule has 0 atom stereocenters. The minimum Gasteiger partial charge on any atom is -0.371 e. The zero-order chi connectivity index (χ0) is 11.7. The Morgan fingerprint density at radius 3 is 2.82 bits per heavy atom. The summed E-state index contributed by atoms with van der Waals surface area (Å²) in [6, 6.07) is 6.97. The lowest BCUT2D eigenvalue weighted by molar-refractivity contribution is 0.360. The van der Waals surface area contributed by atoms with Crippen LogP contribution in [0.4, 0.5) is 5.69 Å². The molecule has 17 heavy (non-hydrogen) atoms. The van der Waals surface area contributed by atoms with Gasteiger partial charge in [-0.05, 0) is 43.7 Å².